The smallest absolute Gasteiger partial charge is 0.419 e. The Balaban J connectivity index is 1.78. The SMILES string of the molecule is O=C(NCCOc1ccccc1C(F)(F)F)[C@@H]1CC[C@H](C(=O)O)O1. The van der Waals surface area contributed by atoms with E-state index in [1.54, 1.807) is 0 Å². The van der Waals surface area contributed by atoms with Gasteiger partial charge in [0.2, 0.25) is 5.91 Å². The Hall–Kier alpha value is -2.29. The highest BCUT2D eigenvalue weighted by atomic mass is 19.4. The number of para-hydroxylation sites is 1. The summed E-state index contributed by atoms with van der Waals surface area (Å²) in [5, 5.41) is 11.2. The largest absolute Gasteiger partial charge is 0.491 e. The van der Waals surface area contributed by atoms with Gasteiger partial charge in [-0.05, 0) is 25.0 Å². The van der Waals surface area contributed by atoms with Gasteiger partial charge >= 0.3 is 12.1 Å². The number of aliphatic carboxylic acids is 1. The van der Waals surface area contributed by atoms with Crippen LogP contribution in [0.1, 0.15) is 18.4 Å². The van der Waals surface area contributed by atoms with Crippen molar-refractivity contribution in [3.63, 3.8) is 0 Å². The topological polar surface area (TPSA) is 84.9 Å². The van der Waals surface area contributed by atoms with E-state index >= 15 is 0 Å². The third-order valence-electron chi connectivity index (χ3n) is 3.44. The number of alkyl halides is 3. The van der Waals surface area contributed by atoms with Gasteiger partial charge in [0.05, 0.1) is 12.1 Å². The predicted molar refractivity (Wildman–Crippen MR) is 75.5 cm³/mol. The molecule has 2 atom stereocenters. The third-order valence-corrected chi connectivity index (χ3v) is 3.44. The van der Waals surface area contributed by atoms with Crippen molar-refractivity contribution in [3.8, 4) is 5.75 Å². The van der Waals surface area contributed by atoms with Crippen molar-refractivity contribution >= 4 is 11.9 Å². The summed E-state index contributed by atoms with van der Waals surface area (Å²) in [6, 6.07) is 4.78. The summed E-state index contributed by atoms with van der Waals surface area (Å²) in [5.41, 5.74) is -0.889. The van der Waals surface area contributed by atoms with E-state index in [2.05, 4.69) is 5.32 Å². The second kappa shape index (κ2) is 7.52. The number of carboxylic acids is 1. The van der Waals surface area contributed by atoms with Crippen LogP contribution in [0.4, 0.5) is 13.2 Å². The highest BCUT2D eigenvalue weighted by molar-refractivity contribution is 5.82. The van der Waals surface area contributed by atoms with Crippen LogP contribution in [0.3, 0.4) is 0 Å². The number of carbonyl (C=O) groups is 2. The van der Waals surface area contributed by atoms with Crippen LogP contribution in [-0.4, -0.2) is 42.3 Å². The molecule has 2 N–H and O–H groups in total. The van der Waals surface area contributed by atoms with Gasteiger partial charge in [0.1, 0.15) is 18.5 Å². The Kier molecular flexibility index (Phi) is 5.66. The number of hydrogen-bond acceptors (Lipinski definition) is 4. The molecule has 0 unspecified atom stereocenters. The van der Waals surface area contributed by atoms with Crippen molar-refractivity contribution in [1.82, 2.24) is 5.32 Å². The van der Waals surface area contributed by atoms with Crippen LogP contribution in [-0.2, 0) is 20.5 Å². The van der Waals surface area contributed by atoms with E-state index in [1.807, 2.05) is 0 Å². The lowest BCUT2D eigenvalue weighted by Gasteiger charge is -2.15. The maximum atomic E-state index is 12.8. The molecule has 6 nitrogen and oxygen atoms in total. The van der Waals surface area contributed by atoms with E-state index in [-0.39, 0.29) is 31.7 Å². The average Bonchev–Trinajstić information content (AvgIpc) is 3.01. The Morgan fingerprint density at radius 3 is 2.54 bits per heavy atom. The van der Waals surface area contributed by atoms with Crippen LogP contribution in [0.25, 0.3) is 0 Å². The van der Waals surface area contributed by atoms with E-state index in [4.69, 9.17) is 14.6 Å². The second-order valence-electron chi connectivity index (χ2n) is 5.16. The first-order chi connectivity index (χ1) is 11.3. The van der Waals surface area contributed by atoms with Gasteiger partial charge in [-0.25, -0.2) is 4.79 Å². The van der Waals surface area contributed by atoms with Gasteiger partial charge in [0.25, 0.3) is 0 Å². The fraction of sp³-hybridized carbons (Fsp3) is 0.467. The fourth-order valence-corrected chi connectivity index (χ4v) is 2.29. The molecule has 132 valence electrons. The summed E-state index contributed by atoms with van der Waals surface area (Å²) in [6.45, 7) is -0.184. The number of carbonyl (C=O) groups excluding carboxylic acids is 1. The molecule has 1 aromatic rings. The molecule has 0 radical (unpaired) electrons. The minimum atomic E-state index is -4.52. The summed E-state index contributed by atoms with van der Waals surface area (Å²) >= 11 is 0. The molecule has 1 saturated heterocycles. The normalized spacial score (nSPS) is 20.6. The molecular weight excluding hydrogens is 331 g/mol. The maximum Gasteiger partial charge on any atom is 0.419 e. The summed E-state index contributed by atoms with van der Waals surface area (Å²) in [5.74, 6) is -1.95. The zero-order valence-electron chi connectivity index (χ0n) is 12.5. The van der Waals surface area contributed by atoms with E-state index < -0.39 is 35.8 Å². The second-order valence-corrected chi connectivity index (χ2v) is 5.16. The molecule has 2 rings (SSSR count). The fourth-order valence-electron chi connectivity index (χ4n) is 2.29. The minimum Gasteiger partial charge on any atom is -0.491 e. The Bertz CT molecular complexity index is 605. The van der Waals surface area contributed by atoms with Gasteiger partial charge in [0, 0.05) is 0 Å². The van der Waals surface area contributed by atoms with E-state index in [9.17, 15) is 22.8 Å². The first kappa shape index (κ1) is 18.1. The lowest BCUT2D eigenvalue weighted by molar-refractivity contribution is -0.151. The van der Waals surface area contributed by atoms with Crippen LogP contribution in [0.5, 0.6) is 5.75 Å². The molecule has 0 aliphatic carbocycles. The third kappa shape index (κ3) is 4.60. The van der Waals surface area contributed by atoms with Crippen molar-refractivity contribution in [2.24, 2.45) is 0 Å². The quantitative estimate of drug-likeness (QED) is 0.767. The van der Waals surface area contributed by atoms with Gasteiger partial charge in [-0.15, -0.1) is 0 Å². The summed E-state index contributed by atoms with van der Waals surface area (Å²) in [7, 11) is 0. The highest BCUT2D eigenvalue weighted by Crippen LogP contribution is 2.35. The van der Waals surface area contributed by atoms with Crippen LogP contribution < -0.4 is 10.1 Å². The predicted octanol–water partition coefficient (Wildman–Crippen LogP) is 1.83. The van der Waals surface area contributed by atoms with Crippen molar-refractivity contribution < 1.29 is 37.3 Å². The number of carboxylic acid groups (broad SMARTS) is 1. The zero-order valence-corrected chi connectivity index (χ0v) is 12.5. The molecular formula is C15H16F3NO5. The lowest BCUT2D eigenvalue weighted by atomic mass is 10.2. The number of hydrogen-bond donors (Lipinski definition) is 2. The molecule has 1 heterocycles. The van der Waals surface area contributed by atoms with Crippen molar-refractivity contribution in [1.29, 1.82) is 0 Å². The van der Waals surface area contributed by atoms with Gasteiger partial charge in [0.15, 0.2) is 6.10 Å². The molecule has 24 heavy (non-hydrogen) atoms. The van der Waals surface area contributed by atoms with Crippen LogP contribution in [0.2, 0.25) is 0 Å². The van der Waals surface area contributed by atoms with Gasteiger partial charge in [-0.1, -0.05) is 12.1 Å². The Morgan fingerprint density at radius 1 is 1.25 bits per heavy atom. The van der Waals surface area contributed by atoms with E-state index in [0.717, 1.165) is 6.07 Å². The molecule has 0 spiro atoms. The molecule has 0 aromatic heterocycles. The summed E-state index contributed by atoms with van der Waals surface area (Å²) < 4.78 is 48.5. The number of nitrogens with one attached hydrogen (secondary N) is 1. The summed E-state index contributed by atoms with van der Waals surface area (Å²) in [4.78, 5) is 22.5. The molecule has 0 bridgehead atoms. The van der Waals surface area contributed by atoms with Crippen molar-refractivity contribution in [3.05, 3.63) is 29.8 Å². The number of benzene rings is 1. The standard InChI is InChI=1S/C15H16F3NO5/c16-15(17,18)9-3-1-2-4-10(9)23-8-7-19-13(20)11-5-6-12(24-11)14(21)22/h1-4,11-12H,5-8H2,(H,19,20)(H,21,22)/t11-,12+/m0/s1. The maximum absolute atomic E-state index is 12.8. The number of ether oxygens (including phenoxy) is 2. The van der Waals surface area contributed by atoms with E-state index in [1.165, 1.54) is 18.2 Å². The molecule has 9 heteroatoms. The minimum absolute atomic E-state index is 0.0252. The Labute approximate surface area is 135 Å². The number of amides is 1. The molecule has 1 amide bonds. The van der Waals surface area contributed by atoms with Crippen LogP contribution >= 0.6 is 0 Å². The van der Waals surface area contributed by atoms with Crippen molar-refractivity contribution in [2.45, 2.75) is 31.2 Å². The highest BCUT2D eigenvalue weighted by Gasteiger charge is 2.35. The van der Waals surface area contributed by atoms with Gasteiger partial charge in [-0.2, -0.15) is 13.2 Å². The molecule has 0 saturated carbocycles. The number of halogens is 3. The molecule has 1 aliphatic rings. The first-order valence-electron chi connectivity index (χ1n) is 7.24. The van der Waals surface area contributed by atoms with Gasteiger partial charge in [-0.3, -0.25) is 4.79 Å². The van der Waals surface area contributed by atoms with Crippen molar-refractivity contribution in [2.75, 3.05) is 13.2 Å². The van der Waals surface area contributed by atoms with Crippen LogP contribution in [0.15, 0.2) is 24.3 Å². The average molecular weight is 347 g/mol. The molecule has 1 aromatic carbocycles. The molecule has 1 fully saturated rings. The lowest BCUT2D eigenvalue weighted by Crippen LogP contribution is -2.37. The van der Waals surface area contributed by atoms with Gasteiger partial charge < -0.3 is 19.9 Å². The number of rotatable bonds is 6. The summed E-state index contributed by atoms with van der Waals surface area (Å²) in [6.07, 6.45) is -5.88. The molecule has 1 aliphatic heterocycles. The van der Waals surface area contributed by atoms with Crippen LogP contribution in [0, 0.1) is 0 Å². The Morgan fingerprint density at radius 2 is 1.92 bits per heavy atom. The zero-order chi connectivity index (χ0) is 17.7. The monoisotopic (exact) mass is 347 g/mol. The first-order valence-corrected chi connectivity index (χ1v) is 7.24. The van der Waals surface area contributed by atoms with E-state index in [0.29, 0.717) is 0 Å².